The molecular formula is C14H20FNO3S. The van der Waals surface area contributed by atoms with Crippen molar-refractivity contribution in [3.05, 3.63) is 35.6 Å². The monoisotopic (exact) mass is 301 g/mol. The predicted octanol–water partition coefficient (Wildman–Crippen LogP) is 1.32. The molecule has 0 spiro atoms. The summed E-state index contributed by atoms with van der Waals surface area (Å²) in [5.41, 5.74) is 6.04. The molecule has 0 aromatic heterocycles. The number of rotatable bonds is 6. The molecule has 0 saturated heterocycles. The van der Waals surface area contributed by atoms with Crippen molar-refractivity contribution < 1.29 is 17.5 Å². The third-order valence-corrected chi connectivity index (χ3v) is 5.69. The summed E-state index contributed by atoms with van der Waals surface area (Å²) in [5, 5.41) is -0.558. The van der Waals surface area contributed by atoms with E-state index in [1.165, 1.54) is 18.4 Å². The fourth-order valence-corrected chi connectivity index (χ4v) is 5.08. The van der Waals surface area contributed by atoms with Crippen molar-refractivity contribution in [2.45, 2.75) is 18.1 Å². The van der Waals surface area contributed by atoms with Crippen LogP contribution in [-0.4, -0.2) is 39.7 Å². The molecule has 112 valence electrons. The molecule has 2 rings (SSSR count). The van der Waals surface area contributed by atoms with Crippen molar-refractivity contribution >= 4 is 9.84 Å². The van der Waals surface area contributed by atoms with E-state index in [2.05, 4.69) is 0 Å². The van der Waals surface area contributed by atoms with Gasteiger partial charge in [-0.3, -0.25) is 0 Å². The Morgan fingerprint density at radius 3 is 2.40 bits per heavy atom. The lowest BCUT2D eigenvalue weighted by molar-refractivity contribution is 0.101. The number of benzene rings is 1. The van der Waals surface area contributed by atoms with Gasteiger partial charge in [-0.1, -0.05) is 12.1 Å². The smallest absolute Gasteiger partial charge is 0.151 e. The molecule has 0 bridgehead atoms. The summed E-state index contributed by atoms with van der Waals surface area (Å²) in [6.45, 7) is 2.90. The molecule has 1 aromatic carbocycles. The first kappa shape index (κ1) is 15.4. The second-order valence-corrected chi connectivity index (χ2v) is 7.52. The molecule has 0 aliphatic heterocycles. The molecule has 1 aromatic rings. The molecule has 1 saturated carbocycles. The van der Waals surface area contributed by atoms with Gasteiger partial charge in [-0.15, -0.1) is 0 Å². The predicted molar refractivity (Wildman–Crippen MR) is 75.8 cm³/mol. The number of nitrogens with two attached hydrogens (primary N) is 1. The zero-order valence-corrected chi connectivity index (χ0v) is 12.5. The standard InChI is InChI=1S/C14H20FNO3S/c1-3-19-9-14(8-16)12(13(14)20(2,17)18)10-4-6-11(15)7-5-10/h4-7,12-13H,3,8-9,16H2,1-2H3. The van der Waals surface area contributed by atoms with Gasteiger partial charge in [0.1, 0.15) is 5.82 Å². The van der Waals surface area contributed by atoms with Crippen LogP contribution in [0, 0.1) is 11.2 Å². The van der Waals surface area contributed by atoms with E-state index in [4.69, 9.17) is 10.5 Å². The van der Waals surface area contributed by atoms with Gasteiger partial charge < -0.3 is 10.5 Å². The second kappa shape index (κ2) is 5.42. The molecular weight excluding hydrogens is 281 g/mol. The average molecular weight is 301 g/mol. The number of sulfone groups is 1. The minimum atomic E-state index is -3.24. The molecule has 1 fully saturated rings. The van der Waals surface area contributed by atoms with Crippen LogP contribution < -0.4 is 5.73 Å². The van der Waals surface area contributed by atoms with Crippen molar-refractivity contribution in [1.29, 1.82) is 0 Å². The van der Waals surface area contributed by atoms with Gasteiger partial charge in [0.25, 0.3) is 0 Å². The Morgan fingerprint density at radius 1 is 1.35 bits per heavy atom. The van der Waals surface area contributed by atoms with Gasteiger partial charge in [0.2, 0.25) is 0 Å². The van der Waals surface area contributed by atoms with Crippen molar-refractivity contribution in [2.24, 2.45) is 11.1 Å². The van der Waals surface area contributed by atoms with Crippen LogP contribution in [0.15, 0.2) is 24.3 Å². The van der Waals surface area contributed by atoms with Gasteiger partial charge in [-0.25, -0.2) is 12.8 Å². The van der Waals surface area contributed by atoms with Crippen molar-refractivity contribution in [3.63, 3.8) is 0 Å². The van der Waals surface area contributed by atoms with Crippen LogP contribution in [0.1, 0.15) is 18.4 Å². The minimum Gasteiger partial charge on any atom is -0.381 e. The fourth-order valence-electron chi connectivity index (χ4n) is 3.07. The molecule has 3 unspecified atom stereocenters. The van der Waals surface area contributed by atoms with Gasteiger partial charge in [-0.2, -0.15) is 0 Å². The van der Waals surface area contributed by atoms with E-state index in [-0.39, 0.29) is 18.3 Å². The van der Waals surface area contributed by atoms with E-state index in [1.54, 1.807) is 12.1 Å². The topological polar surface area (TPSA) is 69.4 Å². The van der Waals surface area contributed by atoms with Crippen LogP contribution in [0.25, 0.3) is 0 Å². The highest BCUT2D eigenvalue weighted by molar-refractivity contribution is 7.91. The quantitative estimate of drug-likeness (QED) is 0.860. The van der Waals surface area contributed by atoms with Crippen LogP contribution in [0.4, 0.5) is 4.39 Å². The Labute approximate surface area is 119 Å². The van der Waals surface area contributed by atoms with Crippen LogP contribution in [0.3, 0.4) is 0 Å². The molecule has 1 aliphatic rings. The third-order valence-electron chi connectivity index (χ3n) is 4.02. The SMILES string of the molecule is CCOCC1(CN)C(c2ccc(F)cc2)C1S(C)(=O)=O. The van der Waals surface area contributed by atoms with Crippen LogP contribution in [0.5, 0.6) is 0 Å². The Morgan fingerprint density at radius 2 is 1.95 bits per heavy atom. The third kappa shape index (κ3) is 2.60. The Hall–Kier alpha value is -0.980. The van der Waals surface area contributed by atoms with E-state index in [0.717, 1.165) is 5.56 Å². The largest absolute Gasteiger partial charge is 0.381 e. The molecule has 0 heterocycles. The van der Waals surface area contributed by atoms with Crippen molar-refractivity contribution in [3.8, 4) is 0 Å². The first-order valence-electron chi connectivity index (χ1n) is 6.59. The first-order valence-corrected chi connectivity index (χ1v) is 8.54. The minimum absolute atomic E-state index is 0.227. The molecule has 20 heavy (non-hydrogen) atoms. The van der Waals surface area contributed by atoms with Crippen LogP contribution >= 0.6 is 0 Å². The lowest BCUT2D eigenvalue weighted by atomic mass is 10.00. The highest BCUT2D eigenvalue weighted by Crippen LogP contribution is 2.62. The number of ether oxygens (including phenoxy) is 1. The van der Waals surface area contributed by atoms with Crippen LogP contribution in [-0.2, 0) is 14.6 Å². The Bertz CT molecular complexity index is 573. The van der Waals surface area contributed by atoms with Gasteiger partial charge >= 0.3 is 0 Å². The van der Waals surface area contributed by atoms with Gasteiger partial charge in [0.15, 0.2) is 9.84 Å². The summed E-state index contributed by atoms with van der Waals surface area (Å²) in [4.78, 5) is 0. The van der Waals surface area contributed by atoms with E-state index in [0.29, 0.717) is 13.2 Å². The first-order chi connectivity index (χ1) is 9.36. The van der Waals surface area contributed by atoms with Crippen LogP contribution in [0.2, 0.25) is 0 Å². The maximum absolute atomic E-state index is 13.0. The molecule has 2 N–H and O–H groups in total. The summed E-state index contributed by atoms with van der Waals surface area (Å²) in [6, 6.07) is 5.94. The van der Waals surface area contributed by atoms with E-state index in [1.807, 2.05) is 6.92 Å². The molecule has 1 aliphatic carbocycles. The van der Waals surface area contributed by atoms with Crippen molar-refractivity contribution in [2.75, 3.05) is 26.0 Å². The summed E-state index contributed by atoms with van der Waals surface area (Å²) < 4.78 is 42.4. The highest BCUT2D eigenvalue weighted by Gasteiger charge is 2.69. The molecule has 0 radical (unpaired) electrons. The van der Waals surface area contributed by atoms with Crippen molar-refractivity contribution in [1.82, 2.24) is 0 Å². The number of halogens is 1. The summed E-state index contributed by atoms with van der Waals surface area (Å²) >= 11 is 0. The fraction of sp³-hybridized carbons (Fsp3) is 0.571. The Kier molecular flexibility index (Phi) is 4.18. The molecule has 3 atom stereocenters. The second-order valence-electron chi connectivity index (χ2n) is 5.35. The summed E-state index contributed by atoms with van der Waals surface area (Å²) in [5.74, 6) is -0.567. The van der Waals surface area contributed by atoms with Gasteiger partial charge in [-0.05, 0) is 24.6 Å². The van der Waals surface area contributed by atoms with Gasteiger partial charge in [0.05, 0.1) is 11.9 Å². The zero-order chi connectivity index (χ0) is 15.0. The lowest BCUT2D eigenvalue weighted by Gasteiger charge is -2.15. The van der Waals surface area contributed by atoms with E-state index < -0.39 is 20.5 Å². The Balaban J connectivity index is 2.36. The number of hydrogen-bond acceptors (Lipinski definition) is 4. The molecule has 0 amide bonds. The average Bonchev–Trinajstić information content (AvgIpc) is 3.07. The van der Waals surface area contributed by atoms with E-state index in [9.17, 15) is 12.8 Å². The molecule has 4 nitrogen and oxygen atoms in total. The number of hydrogen-bond donors (Lipinski definition) is 1. The van der Waals surface area contributed by atoms with E-state index >= 15 is 0 Å². The maximum atomic E-state index is 13.0. The highest BCUT2D eigenvalue weighted by atomic mass is 32.2. The lowest BCUT2D eigenvalue weighted by Crippen LogP contribution is -2.28. The summed E-state index contributed by atoms with van der Waals surface area (Å²) in [7, 11) is -3.24. The maximum Gasteiger partial charge on any atom is 0.151 e. The summed E-state index contributed by atoms with van der Waals surface area (Å²) in [6.07, 6.45) is 1.22. The zero-order valence-electron chi connectivity index (χ0n) is 11.7. The van der Waals surface area contributed by atoms with Gasteiger partial charge in [0, 0.05) is 30.7 Å². The normalized spacial score (nSPS) is 29.4. The molecule has 6 heteroatoms.